The third-order valence-corrected chi connectivity index (χ3v) is 6.73. The Bertz CT molecular complexity index is 608. The molecule has 0 amide bonds. The van der Waals surface area contributed by atoms with Gasteiger partial charge in [0.25, 0.3) is 0 Å². The highest BCUT2D eigenvalue weighted by atomic mass is 16.5. The van der Waals surface area contributed by atoms with Crippen LogP contribution in [0.4, 0.5) is 0 Å². The van der Waals surface area contributed by atoms with E-state index in [1.165, 1.54) is 39.2 Å². The minimum Gasteiger partial charge on any atom is -0.465 e. The minimum absolute atomic E-state index is 0.325. The van der Waals surface area contributed by atoms with E-state index in [0.717, 1.165) is 24.8 Å². The zero-order chi connectivity index (χ0) is 15.4. The van der Waals surface area contributed by atoms with Gasteiger partial charge < -0.3 is 9.84 Å². The van der Waals surface area contributed by atoms with Crippen LogP contribution in [-0.4, -0.2) is 18.2 Å². The van der Waals surface area contributed by atoms with Gasteiger partial charge in [0, 0.05) is 0 Å². The normalized spacial score (nSPS) is 39.5. The number of esters is 1. The lowest BCUT2D eigenvalue weighted by atomic mass is 9.64. The van der Waals surface area contributed by atoms with Crippen molar-refractivity contribution in [2.45, 2.75) is 57.0 Å². The predicted molar refractivity (Wildman–Crippen MR) is 83.5 cm³/mol. The molecule has 0 heterocycles. The summed E-state index contributed by atoms with van der Waals surface area (Å²) in [5.74, 6) is -0.325. The zero-order valence-corrected chi connectivity index (χ0v) is 13.2. The summed E-state index contributed by atoms with van der Waals surface area (Å²) in [5, 5.41) is 11.2. The van der Waals surface area contributed by atoms with Crippen molar-refractivity contribution in [1.29, 1.82) is 0 Å². The Morgan fingerprint density at radius 1 is 1.00 bits per heavy atom. The first-order chi connectivity index (χ1) is 10.5. The molecule has 0 aromatic heterocycles. The van der Waals surface area contributed by atoms with E-state index >= 15 is 0 Å². The fraction of sp³-hybridized carbons (Fsp3) is 0.632. The van der Waals surface area contributed by atoms with Gasteiger partial charge >= 0.3 is 5.97 Å². The smallest absolute Gasteiger partial charge is 0.337 e. The number of rotatable bonds is 2. The van der Waals surface area contributed by atoms with Crippen molar-refractivity contribution >= 4 is 5.97 Å². The first-order valence-corrected chi connectivity index (χ1v) is 8.44. The molecule has 3 saturated carbocycles. The summed E-state index contributed by atoms with van der Waals surface area (Å²) in [6.07, 6.45) is 9.57. The third-order valence-electron chi connectivity index (χ3n) is 6.73. The van der Waals surface area contributed by atoms with Gasteiger partial charge in [-0.25, -0.2) is 4.79 Å². The van der Waals surface area contributed by atoms with Gasteiger partial charge in [-0.2, -0.15) is 0 Å². The monoisotopic (exact) mass is 300 g/mol. The molecule has 0 spiro atoms. The summed E-state index contributed by atoms with van der Waals surface area (Å²) in [5.41, 5.74) is 1.75. The van der Waals surface area contributed by atoms with Crippen molar-refractivity contribution in [3.05, 3.63) is 35.4 Å². The number of ether oxygens (including phenoxy) is 1. The summed E-state index contributed by atoms with van der Waals surface area (Å²) in [7, 11) is 1.39. The van der Waals surface area contributed by atoms with E-state index < -0.39 is 5.60 Å². The standard InChI is InChI=1S/C19H24O3/c1-22-16(20)14-4-6-15(7-5-14)19(21)11-10-17-8-2-3-9-18(17,12-17)13-19/h4-7,21H,2-3,8-13H2,1H3/t17-,18-,19?/m1/s1. The zero-order valence-electron chi connectivity index (χ0n) is 13.2. The lowest BCUT2D eigenvalue weighted by Crippen LogP contribution is -2.38. The van der Waals surface area contributed by atoms with Crippen molar-refractivity contribution in [2.75, 3.05) is 7.11 Å². The topological polar surface area (TPSA) is 46.5 Å². The molecule has 1 unspecified atom stereocenters. The Morgan fingerprint density at radius 2 is 1.68 bits per heavy atom. The van der Waals surface area contributed by atoms with Gasteiger partial charge in [-0.3, -0.25) is 0 Å². The minimum atomic E-state index is -0.716. The number of hydrogen-bond acceptors (Lipinski definition) is 3. The van der Waals surface area contributed by atoms with Crippen LogP contribution < -0.4 is 0 Å². The average Bonchev–Trinajstić information content (AvgIpc) is 3.23. The van der Waals surface area contributed by atoms with Crippen LogP contribution in [-0.2, 0) is 10.3 Å². The molecular weight excluding hydrogens is 276 g/mol. The van der Waals surface area contributed by atoms with E-state index in [2.05, 4.69) is 0 Å². The number of methoxy groups -OCH3 is 1. The molecule has 3 atom stereocenters. The second-order valence-electron chi connectivity index (χ2n) is 7.72. The lowest BCUT2D eigenvalue weighted by Gasteiger charge is -2.43. The van der Waals surface area contributed by atoms with E-state index in [4.69, 9.17) is 4.74 Å². The molecule has 3 fully saturated rings. The van der Waals surface area contributed by atoms with Gasteiger partial charge in [-0.1, -0.05) is 25.0 Å². The van der Waals surface area contributed by atoms with E-state index in [-0.39, 0.29) is 5.97 Å². The van der Waals surface area contributed by atoms with E-state index in [1.54, 1.807) is 12.1 Å². The molecule has 3 aliphatic carbocycles. The van der Waals surface area contributed by atoms with Gasteiger partial charge in [0.05, 0.1) is 18.3 Å². The Morgan fingerprint density at radius 3 is 2.36 bits per heavy atom. The first kappa shape index (κ1) is 14.3. The quantitative estimate of drug-likeness (QED) is 0.845. The molecule has 118 valence electrons. The van der Waals surface area contributed by atoms with Gasteiger partial charge in [0.2, 0.25) is 0 Å². The molecule has 22 heavy (non-hydrogen) atoms. The van der Waals surface area contributed by atoms with Crippen LogP contribution in [0, 0.1) is 10.8 Å². The summed E-state index contributed by atoms with van der Waals surface area (Å²) < 4.78 is 4.74. The molecule has 0 saturated heterocycles. The van der Waals surface area contributed by atoms with Gasteiger partial charge in [-0.15, -0.1) is 0 Å². The predicted octanol–water partition coefficient (Wildman–Crippen LogP) is 3.80. The number of carbonyl (C=O) groups is 1. The van der Waals surface area contributed by atoms with Crippen molar-refractivity contribution < 1.29 is 14.6 Å². The summed E-state index contributed by atoms with van der Waals surface area (Å²) in [4.78, 5) is 11.5. The molecule has 1 N–H and O–H groups in total. The maximum atomic E-state index is 11.5. The fourth-order valence-corrected chi connectivity index (χ4v) is 5.43. The highest BCUT2D eigenvalue weighted by Crippen LogP contribution is 2.79. The van der Waals surface area contributed by atoms with Crippen molar-refractivity contribution in [3.63, 3.8) is 0 Å². The molecular formula is C19H24O3. The van der Waals surface area contributed by atoms with Crippen LogP contribution in [0.3, 0.4) is 0 Å². The Hall–Kier alpha value is -1.35. The van der Waals surface area contributed by atoms with Gasteiger partial charge in [0.15, 0.2) is 0 Å². The van der Waals surface area contributed by atoms with Crippen molar-refractivity contribution in [1.82, 2.24) is 0 Å². The molecule has 4 rings (SSSR count). The van der Waals surface area contributed by atoms with Gasteiger partial charge in [0.1, 0.15) is 0 Å². The molecule has 0 radical (unpaired) electrons. The van der Waals surface area contributed by atoms with E-state index in [0.29, 0.717) is 16.4 Å². The van der Waals surface area contributed by atoms with Crippen LogP contribution >= 0.6 is 0 Å². The molecule has 3 heteroatoms. The second kappa shape index (κ2) is 4.58. The summed E-state index contributed by atoms with van der Waals surface area (Å²) >= 11 is 0. The van der Waals surface area contributed by atoms with Gasteiger partial charge in [-0.05, 0) is 67.1 Å². The van der Waals surface area contributed by atoms with Crippen LogP contribution in [0.15, 0.2) is 24.3 Å². The van der Waals surface area contributed by atoms with Crippen LogP contribution in [0.2, 0.25) is 0 Å². The molecule has 1 aromatic rings. The maximum Gasteiger partial charge on any atom is 0.337 e. The largest absolute Gasteiger partial charge is 0.465 e. The van der Waals surface area contributed by atoms with Crippen molar-refractivity contribution in [3.8, 4) is 0 Å². The van der Waals surface area contributed by atoms with Crippen LogP contribution in [0.5, 0.6) is 0 Å². The Balaban J connectivity index is 1.58. The lowest BCUT2D eigenvalue weighted by molar-refractivity contribution is -0.0506. The average molecular weight is 300 g/mol. The maximum absolute atomic E-state index is 11.5. The number of aliphatic hydroxyl groups is 1. The molecule has 1 aromatic carbocycles. The molecule has 0 bridgehead atoms. The fourth-order valence-electron chi connectivity index (χ4n) is 5.43. The third kappa shape index (κ3) is 1.88. The first-order valence-electron chi connectivity index (χ1n) is 8.44. The van der Waals surface area contributed by atoms with Crippen molar-refractivity contribution in [2.24, 2.45) is 10.8 Å². The van der Waals surface area contributed by atoms with E-state index in [1.807, 2.05) is 12.1 Å². The Labute approximate surface area is 131 Å². The second-order valence-corrected chi connectivity index (χ2v) is 7.72. The number of benzene rings is 1. The number of hydrogen-bond donors (Lipinski definition) is 1. The molecule has 3 aliphatic rings. The molecule has 0 aliphatic heterocycles. The highest BCUT2D eigenvalue weighted by Gasteiger charge is 2.71. The van der Waals surface area contributed by atoms with Crippen LogP contribution in [0.1, 0.15) is 67.3 Å². The summed E-state index contributed by atoms with van der Waals surface area (Å²) in [6.45, 7) is 0. The summed E-state index contributed by atoms with van der Waals surface area (Å²) in [6, 6.07) is 7.35. The number of carbonyl (C=O) groups excluding carboxylic acids is 1. The molecule has 3 nitrogen and oxygen atoms in total. The highest BCUT2D eigenvalue weighted by molar-refractivity contribution is 5.89. The van der Waals surface area contributed by atoms with E-state index in [9.17, 15) is 9.90 Å². The SMILES string of the molecule is COC(=O)c1ccc(C2(O)CC[C@@]34CCCC[C@]3(C2)C4)cc1. The van der Waals surface area contributed by atoms with Crippen LogP contribution in [0.25, 0.3) is 0 Å². The Kier molecular flexibility index (Phi) is 2.96.